The molecule has 1 aromatic carbocycles. The van der Waals surface area contributed by atoms with Gasteiger partial charge < -0.3 is 15.4 Å². The largest absolute Gasteiger partial charge is 0.378 e. The van der Waals surface area contributed by atoms with E-state index < -0.39 is 0 Å². The van der Waals surface area contributed by atoms with E-state index in [9.17, 15) is 4.79 Å². The number of nitrogens with one attached hydrogen (secondary N) is 2. The van der Waals surface area contributed by atoms with Gasteiger partial charge in [-0.25, -0.2) is 0 Å². The summed E-state index contributed by atoms with van der Waals surface area (Å²) in [6.45, 7) is 1.99. The van der Waals surface area contributed by atoms with E-state index in [0.29, 0.717) is 35.9 Å². The van der Waals surface area contributed by atoms with Crippen molar-refractivity contribution in [2.75, 3.05) is 25.1 Å². The van der Waals surface area contributed by atoms with E-state index in [1.165, 1.54) is 0 Å². The zero-order valence-corrected chi connectivity index (χ0v) is 11.0. The number of carbonyl (C=O) groups is 1. The predicted molar refractivity (Wildman–Crippen MR) is 72.0 cm³/mol. The van der Waals surface area contributed by atoms with Crippen molar-refractivity contribution >= 4 is 23.2 Å². The van der Waals surface area contributed by atoms with Gasteiger partial charge in [-0.1, -0.05) is 11.6 Å². The minimum absolute atomic E-state index is 0.0441. The molecular formula is C13H14ClN3O2. The summed E-state index contributed by atoms with van der Waals surface area (Å²) in [6.07, 6.45) is 0.345. The topological polar surface area (TPSA) is 74.2 Å². The number of benzene rings is 1. The fraction of sp³-hybridized carbons (Fsp3) is 0.385. The van der Waals surface area contributed by atoms with Gasteiger partial charge >= 0.3 is 0 Å². The van der Waals surface area contributed by atoms with Crippen LogP contribution in [0.1, 0.15) is 12.0 Å². The molecule has 1 heterocycles. The molecule has 1 aliphatic heterocycles. The lowest BCUT2D eigenvalue weighted by Crippen LogP contribution is -2.43. The molecule has 1 fully saturated rings. The Labute approximate surface area is 116 Å². The van der Waals surface area contributed by atoms with E-state index in [2.05, 4.69) is 10.6 Å². The second-order valence-electron chi connectivity index (χ2n) is 4.28. The normalized spacial score (nSPS) is 18.6. The highest BCUT2D eigenvalue weighted by atomic mass is 35.5. The number of halogens is 1. The standard InChI is InChI=1S/C13H14ClN3O2/c14-12-5-10(2-1-9(12)7-15)17-13(18)6-11-8-19-4-3-16-11/h1-2,5,11,16H,3-4,6,8H2,(H,17,18). The molecule has 0 aliphatic carbocycles. The molecule has 0 bridgehead atoms. The quantitative estimate of drug-likeness (QED) is 0.880. The third kappa shape index (κ3) is 3.93. The molecule has 0 spiro atoms. The minimum atomic E-state index is -0.108. The Kier molecular flexibility index (Phi) is 4.74. The summed E-state index contributed by atoms with van der Waals surface area (Å²) in [7, 11) is 0. The Balaban J connectivity index is 1.91. The van der Waals surface area contributed by atoms with Crippen LogP contribution in [0, 0.1) is 11.3 Å². The first kappa shape index (κ1) is 13.8. The van der Waals surface area contributed by atoms with Crippen molar-refractivity contribution in [2.24, 2.45) is 0 Å². The zero-order chi connectivity index (χ0) is 13.7. The van der Waals surface area contributed by atoms with Crippen LogP contribution < -0.4 is 10.6 Å². The summed E-state index contributed by atoms with van der Waals surface area (Å²) in [5, 5.41) is 15.1. The van der Waals surface area contributed by atoms with Crippen LogP contribution in [0.3, 0.4) is 0 Å². The van der Waals surface area contributed by atoms with E-state index in [4.69, 9.17) is 21.6 Å². The average molecular weight is 280 g/mol. The summed E-state index contributed by atoms with van der Waals surface area (Å²) in [5.41, 5.74) is 0.979. The third-order valence-electron chi connectivity index (χ3n) is 2.80. The molecule has 2 N–H and O–H groups in total. The average Bonchev–Trinajstić information content (AvgIpc) is 2.40. The Bertz CT molecular complexity index is 507. The van der Waals surface area contributed by atoms with Gasteiger partial charge in [-0.05, 0) is 18.2 Å². The molecule has 2 rings (SSSR count). The maximum Gasteiger partial charge on any atom is 0.226 e. The Morgan fingerprint density at radius 3 is 3.11 bits per heavy atom. The molecule has 1 unspecified atom stereocenters. The number of hydrogen-bond acceptors (Lipinski definition) is 4. The summed E-state index contributed by atoms with van der Waals surface area (Å²) >= 11 is 5.90. The van der Waals surface area contributed by atoms with E-state index in [0.717, 1.165) is 6.54 Å². The molecule has 0 aromatic heterocycles. The van der Waals surface area contributed by atoms with Crippen molar-refractivity contribution < 1.29 is 9.53 Å². The first-order valence-electron chi connectivity index (χ1n) is 5.99. The molecule has 1 aromatic rings. The van der Waals surface area contributed by atoms with Crippen molar-refractivity contribution in [3.63, 3.8) is 0 Å². The smallest absolute Gasteiger partial charge is 0.226 e. The molecule has 1 aliphatic rings. The number of carbonyl (C=O) groups excluding carboxylic acids is 1. The van der Waals surface area contributed by atoms with Gasteiger partial charge in [-0.3, -0.25) is 4.79 Å². The van der Waals surface area contributed by atoms with Gasteiger partial charge in [-0.15, -0.1) is 0 Å². The van der Waals surface area contributed by atoms with Gasteiger partial charge in [0.25, 0.3) is 0 Å². The molecule has 1 amide bonds. The van der Waals surface area contributed by atoms with Crippen LogP contribution in [0.4, 0.5) is 5.69 Å². The van der Waals surface area contributed by atoms with Crippen molar-refractivity contribution in [3.05, 3.63) is 28.8 Å². The van der Waals surface area contributed by atoms with Gasteiger partial charge in [0, 0.05) is 24.7 Å². The predicted octanol–water partition coefficient (Wildman–Crippen LogP) is 1.53. The van der Waals surface area contributed by atoms with Crippen molar-refractivity contribution in [1.29, 1.82) is 5.26 Å². The molecule has 6 heteroatoms. The van der Waals surface area contributed by atoms with Gasteiger partial charge in [-0.2, -0.15) is 5.26 Å². The van der Waals surface area contributed by atoms with E-state index in [1.54, 1.807) is 18.2 Å². The number of nitriles is 1. The van der Waals surface area contributed by atoms with Gasteiger partial charge in [0.2, 0.25) is 5.91 Å². The highest BCUT2D eigenvalue weighted by Crippen LogP contribution is 2.20. The van der Waals surface area contributed by atoms with Gasteiger partial charge in [0.05, 0.1) is 23.8 Å². The molecule has 5 nitrogen and oxygen atoms in total. The van der Waals surface area contributed by atoms with Crippen LogP contribution in [-0.4, -0.2) is 31.7 Å². The van der Waals surface area contributed by atoms with Crippen LogP contribution in [0.15, 0.2) is 18.2 Å². The third-order valence-corrected chi connectivity index (χ3v) is 3.12. The first-order valence-corrected chi connectivity index (χ1v) is 6.37. The number of rotatable bonds is 3. The van der Waals surface area contributed by atoms with Gasteiger partial charge in [0.15, 0.2) is 0 Å². The molecule has 0 radical (unpaired) electrons. The number of nitrogens with zero attached hydrogens (tertiary/aromatic N) is 1. The molecule has 1 saturated heterocycles. The lowest BCUT2D eigenvalue weighted by atomic mass is 10.1. The highest BCUT2D eigenvalue weighted by Gasteiger charge is 2.17. The fourth-order valence-corrected chi connectivity index (χ4v) is 2.09. The number of ether oxygens (including phenoxy) is 1. The molecule has 1 atom stereocenters. The van der Waals surface area contributed by atoms with Crippen LogP contribution in [0.5, 0.6) is 0 Å². The Hall–Kier alpha value is -1.61. The first-order chi connectivity index (χ1) is 9.19. The van der Waals surface area contributed by atoms with Crippen LogP contribution in [-0.2, 0) is 9.53 Å². The van der Waals surface area contributed by atoms with Crippen LogP contribution in [0.2, 0.25) is 5.02 Å². The maximum absolute atomic E-state index is 11.8. The fourth-order valence-electron chi connectivity index (χ4n) is 1.87. The molecule has 100 valence electrons. The second-order valence-corrected chi connectivity index (χ2v) is 4.69. The zero-order valence-electron chi connectivity index (χ0n) is 10.3. The van der Waals surface area contributed by atoms with E-state index >= 15 is 0 Å². The number of hydrogen-bond donors (Lipinski definition) is 2. The van der Waals surface area contributed by atoms with Crippen molar-refractivity contribution in [1.82, 2.24) is 5.32 Å². The number of amides is 1. The summed E-state index contributed by atoms with van der Waals surface area (Å²) in [6, 6.07) is 6.83. The van der Waals surface area contributed by atoms with Crippen molar-refractivity contribution in [3.8, 4) is 6.07 Å². The SMILES string of the molecule is N#Cc1ccc(NC(=O)CC2COCCN2)cc1Cl. The number of anilines is 1. The second kappa shape index (κ2) is 6.53. The lowest BCUT2D eigenvalue weighted by molar-refractivity contribution is -0.117. The van der Waals surface area contributed by atoms with Crippen LogP contribution >= 0.6 is 11.6 Å². The minimum Gasteiger partial charge on any atom is -0.378 e. The summed E-state index contributed by atoms with van der Waals surface area (Å²) in [4.78, 5) is 11.8. The molecule has 0 saturated carbocycles. The molecule has 19 heavy (non-hydrogen) atoms. The van der Waals surface area contributed by atoms with Gasteiger partial charge in [0.1, 0.15) is 6.07 Å². The van der Waals surface area contributed by atoms with E-state index in [1.807, 2.05) is 6.07 Å². The lowest BCUT2D eigenvalue weighted by Gasteiger charge is -2.23. The summed E-state index contributed by atoms with van der Waals surface area (Å²) in [5.74, 6) is -0.108. The summed E-state index contributed by atoms with van der Waals surface area (Å²) < 4.78 is 5.28. The monoisotopic (exact) mass is 279 g/mol. The van der Waals surface area contributed by atoms with E-state index in [-0.39, 0.29) is 11.9 Å². The number of morpholine rings is 1. The molecular weight excluding hydrogens is 266 g/mol. The highest BCUT2D eigenvalue weighted by molar-refractivity contribution is 6.32. The Morgan fingerprint density at radius 1 is 1.63 bits per heavy atom. The van der Waals surface area contributed by atoms with Crippen LogP contribution in [0.25, 0.3) is 0 Å². The maximum atomic E-state index is 11.8. The Morgan fingerprint density at radius 2 is 2.47 bits per heavy atom. The van der Waals surface area contributed by atoms with Crippen molar-refractivity contribution in [2.45, 2.75) is 12.5 Å².